The molecule has 0 aromatic heterocycles. The Morgan fingerprint density at radius 3 is 1.24 bits per heavy atom. The lowest BCUT2D eigenvalue weighted by Crippen LogP contribution is -2.61. The van der Waals surface area contributed by atoms with Crippen molar-refractivity contribution in [3.05, 3.63) is 12.2 Å². The topological polar surface area (TPSA) is 231 Å². The van der Waals surface area contributed by atoms with E-state index in [2.05, 4.69) is 26.0 Å². The number of hydrogen-bond acceptors (Lipinski definition) is 15. The zero-order valence-electron chi connectivity index (χ0n) is 45.2. The molecule has 0 aromatic carbocycles. The summed E-state index contributed by atoms with van der Waals surface area (Å²) < 4.78 is 33.7. The second-order valence-corrected chi connectivity index (χ2v) is 20.8. The molecule has 0 amide bonds. The van der Waals surface area contributed by atoms with E-state index in [4.69, 9.17) is 28.4 Å². The first-order valence-corrected chi connectivity index (χ1v) is 29.3. The molecule has 0 bridgehead atoms. The first-order valence-electron chi connectivity index (χ1n) is 29.3. The summed E-state index contributed by atoms with van der Waals surface area (Å²) >= 11 is 0. The molecule has 0 aromatic rings. The van der Waals surface area contributed by atoms with Crippen molar-refractivity contribution in [2.75, 3.05) is 26.4 Å². The van der Waals surface area contributed by atoms with Crippen LogP contribution in [0.2, 0.25) is 0 Å². The van der Waals surface area contributed by atoms with Crippen LogP contribution in [0.15, 0.2) is 12.2 Å². The van der Waals surface area contributed by atoms with Gasteiger partial charge in [0.15, 0.2) is 18.7 Å². The molecule has 0 spiro atoms. The van der Waals surface area contributed by atoms with Crippen LogP contribution in [-0.4, -0.2) is 142 Å². The quantitative estimate of drug-likeness (QED) is 0.0171. The van der Waals surface area contributed by atoms with E-state index in [1.807, 2.05) is 0 Å². The molecular weight excluding hydrogens is 925 g/mol. The van der Waals surface area contributed by atoms with Gasteiger partial charge in [0.25, 0.3) is 0 Å². The summed E-state index contributed by atoms with van der Waals surface area (Å²) in [6.45, 7) is 2.61. The SMILES string of the molecule is CCCCCC/C=C/CCCCCCCC(=O)OC[C@H](CO[C@H]1O[C@@H](CO[C@H]2O[C@@H](CO)[C@@H](O)C(O)C2O)[C@@H](O)C(O)C1O)OC(=O)CCCCCCCCCCCCCCCCCCCCCCCCC. The molecule has 2 aliphatic heterocycles. The zero-order valence-corrected chi connectivity index (χ0v) is 45.2. The second kappa shape index (κ2) is 44.4. The van der Waals surface area contributed by atoms with Gasteiger partial charge in [0.05, 0.1) is 19.8 Å². The maximum atomic E-state index is 13.1. The van der Waals surface area contributed by atoms with Crippen molar-refractivity contribution in [3.63, 3.8) is 0 Å². The molecule has 11 atom stereocenters. The Labute approximate surface area is 435 Å². The van der Waals surface area contributed by atoms with Gasteiger partial charge in [-0.15, -0.1) is 0 Å². The summed E-state index contributed by atoms with van der Waals surface area (Å²) in [5, 5.41) is 72.2. The summed E-state index contributed by atoms with van der Waals surface area (Å²) in [5.41, 5.74) is 0. The maximum absolute atomic E-state index is 13.1. The Kier molecular flexibility index (Phi) is 40.9. The maximum Gasteiger partial charge on any atom is 0.306 e. The predicted octanol–water partition coefficient (Wildman–Crippen LogP) is 9.72. The van der Waals surface area contributed by atoms with E-state index < -0.39 is 92.7 Å². The molecule has 15 heteroatoms. The number of unbranched alkanes of at least 4 members (excludes halogenated alkanes) is 31. The summed E-state index contributed by atoms with van der Waals surface area (Å²) in [6, 6.07) is 0. The number of hydrogen-bond donors (Lipinski definition) is 7. The minimum absolute atomic E-state index is 0.170. The molecule has 2 heterocycles. The van der Waals surface area contributed by atoms with Gasteiger partial charge in [-0.3, -0.25) is 9.59 Å². The molecule has 7 N–H and O–H groups in total. The zero-order chi connectivity index (χ0) is 52.4. The molecule has 0 radical (unpaired) electrons. The van der Waals surface area contributed by atoms with Crippen LogP contribution in [0.4, 0.5) is 0 Å². The number of rotatable bonds is 47. The summed E-state index contributed by atoms with van der Waals surface area (Å²) in [5.74, 6) is -0.921. The Morgan fingerprint density at radius 2 is 0.792 bits per heavy atom. The molecule has 2 saturated heterocycles. The smallest absolute Gasteiger partial charge is 0.306 e. The Balaban J connectivity index is 1.72. The molecule has 15 nitrogen and oxygen atoms in total. The van der Waals surface area contributed by atoms with E-state index in [-0.39, 0.29) is 26.1 Å². The number of esters is 2. The van der Waals surface area contributed by atoms with E-state index in [1.54, 1.807) is 0 Å². The van der Waals surface area contributed by atoms with Gasteiger partial charge in [0, 0.05) is 12.8 Å². The highest BCUT2D eigenvalue weighted by molar-refractivity contribution is 5.70. The lowest BCUT2D eigenvalue weighted by molar-refractivity contribution is -0.332. The largest absolute Gasteiger partial charge is 0.462 e. The predicted molar refractivity (Wildman–Crippen MR) is 280 cm³/mol. The van der Waals surface area contributed by atoms with Crippen molar-refractivity contribution in [2.45, 2.75) is 313 Å². The van der Waals surface area contributed by atoms with Gasteiger partial charge < -0.3 is 64.2 Å². The number of aliphatic hydroxyl groups excluding tert-OH is 7. The number of aliphatic hydroxyl groups is 7. The van der Waals surface area contributed by atoms with Crippen LogP contribution in [0.3, 0.4) is 0 Å². The van der Waals surface area contributed by atoms with Crippen molar-refractivity contribution < 1.29 is 73.8 Å². The molecule has 2 fully saturated rings. The molecule has 4 unspecified atom stereocenters. The monoisotopic (exact) mass is 1030 g/mol. The standard InChI is InChI=1S/C57H106O15/c1-3-5-7-9-11-13-15-17-18-19-20-21-22-23-24-25-26-28-30-32-34-36-38-40-49(60)70-45(42-67-48(59)39-37-35-33-31-29-27-16-14-12-10-8-6-4-2)43-68-56-55(66)53(64)51(62)47(72-56)44-69-57-54(65)52(63)50(61)46(41-58)71-57/h14,16,45-47,50-58,61-66H,3-13,15,17-44H2,1-2H3/b16-14+/t45-,46+,47+,50-,51-,52?,53?,54?,55?,56+,57+/m1/s1. The highest BCUT2D eigenvalue weighted by atomic mass is 16.7. The molecule has 2 aliphatic rings. The van der Waals surface area contributed by atoms with Crippen molar-refractivity contribution in [1.82, 2.24) is 0 Å². The third-order valence-electron chi connectivity index (χ3n) is 14.2. The Morgan fingerprint density at radius 1 is 0.431 bits per heavy atom. The van der Waals surface area contributed by atoms with Crippen LogP contribution < -0.4 is 0 Å². The van der Waals surface area contributed by atoms with E-state index in [0.717, 1.165) is 57.8 Å². The minimum Gasteiger partial charge on any atom is -0.462 e. The fraction of sp³-hybridized carbons (Fsp3) is 0.930. The van der Waals surface area contributed by atoms with Crippen molar-refractivity contribution in [2.24, 2.45) is 0 Å². The van der Waals surface area contributed by atoms with E-state index in [1.165, 1.54) is 148 Å². The van der Waals surface area contributed by atoms with E-state index in [9.17, 15) is 45.3 Å². The van der Waals surface area contributed by atoms with Gasteiger partial charge in [0.2, 0.25) is 0 Å². The van der Waals surface area contributed by atoms with Gasteiger partial charge >= 0.3 is 11.9 Å². The third-order valence-corrected chi connectivity index (χ3v) is 14.2. The third kappa shape index (κ3) is 31.3. The minimum atomic E-state index is -1.76. The van der Waals surface area contributed by atoms with Crippen molar-refractivity contribution in [1.29, 1.82) is 0 Å². The average Bonchev–Trinajstić information content (AvgIpc) is 3.37. The van der Waals surface area contributed by atoms with Gasteiger partial charge in [-0.2, -0.15) is 0 Å². The number of allylic oxidation sites excluding steroid dienone is 2. The van der Waals surface area contributed by atoms with Crippen molar-refractivity contribution in [3.8, 4) is 0 Å². The fourth-order valence-electron chi connectivity index (χ4n) is 9.45. The van der Waals surface area contributed by atoms with Gasteiger partial charge in [-0.25, -0.2) is 0 Å². The van der Waals surface area contributed by atoms with Crippen LogP contribution in [0.1, 0.15) is 245 Å². The Bertz CT molecular complexity index is 1300. The molecule has 72 heavy (non-hydrogen) atoms. The highest BCUT2D eigenvalue weighted by Crippen LogP contribution is 2.27. The van der Waals surface area contributed by atoms with Crippen LogP contribution in [-0.2, 0) is 38.0 Å². The van der Waals surface area contributed by atoms with Crippen LogP contribution in [0.5, 0.6) is 0 Å². The van der Waals surface area contributed by atoms with Gasteiger partial charge in [-0.1, -0.05) is 206 Å². The molecule has 0 aliphatic carbocycles. The second-order valence-electron chi connectivity index (χ2n) is 20.8. The summed E-state index contributed by atoms with van der Waals surface area (Å²) in [4.78, 5) is 25.8. The molecule has 0 saturated carbocycles. The molecule has 2 rings (SSSR count). The van der Waals surface area contributed by atoms with Crippen LogP contribution in [0, 0.1) is 0 Å². The lowest BCUT2D eigenvalue weighted by atomic mass is 9.98. The molecular formula is C57H106O15. The highest BCUT2D eigenvalue weighted by Gasteiger charge is 2.47. The fourth-order valence-corrected chi connectivity index (χ4v) is 9.45. The van der Waals surface area contributed by atoms with E-state index in [0.29, 0.717) is 12.8 Å². The average molecular weight is 1030 g/mol. The summed E-state index contributed by atoms with van der Waals surface area (Å²) in [6.07, 6.45) is 29.6. The first-order chi connectivity index (χ1) is 35.0. The van der Waals surface area contributed by atoms with Crippen molar-refractivity contribution >= 4 is 11.9 Å². The van der Waals surface area contributed by atoms with Crippen LogP contribution >= 0.6 is 0 Å². The number of carbonyl (C=O) groups is 2. The normalized spacial score (nSPS) is 25.0. The van der Waals surface area contributed by atoms with Gasteiger partial charge in [-0.05, 0) is 38.5 Å². The van der Waals surface area contributed by atoms with E-state index >= 15 is 0 Å². The van der Waals surface area contributed by atoms with Crippen LogP contribution in [0.25, 0.3) is 0 Å². The van der Waals surface area contributed by atoms with Gasteiger partial charge in [0.1, 0.15) is 55.4 Å². The lowest BCUT2D eigenvalue weighted by Gasteiger charge is -2.42. The number of carbonyl (C=O) groups excluding carboxylic acids is 2. The summed E-state index contributed by atoms with van der Waals surface area (Å²) in [7, 11) is 0. The molecule has 424 valence electrons. The number of ether oxygens (including phenoxy) is 6. The first kappa shape index (κ1) is 66.4. The Hall–Kier alpha value is -1.76.